The van der Waals surface area contributed by atoms with Gasteiger partial charge in [0.25, 0.3) is 5.91 Å². The first-order chi connectivity index (χ1) is 16.4. The molecule has 0 saturated carbocycles. The first-order valence-corrected chi connectivity index (χ1v) is 11.3. The molecule has 9 heteroatoms. The van der Waals surface area contributed by atoms with Gasteiger partial charge in [0, 0.05) is 62.5 Å². The average Bonchev–Trinajstić information content (AvgIpc) is 3.15. The minimum Gasteiger partial charge on any atom is -0.369 e. The lowest BCUT2D eigenvalue weighted by Crippen LogP contribution is -2.52. The Balaban J connectivity index is 1.31. The molecule has 1 unspecified atom stereocenters. The van der Waals surface area contributed by atoms with E-state index < -0.39 is 17.8 Å². The molecule has 2 aromatic rings. The fourth-order valence-electron chi connectivity index (χ4n) is 5.02. The molecule has 1 atom stereocenters. The van der Waals surface area contributed by atoms with Crippen molar-refractivity contribution in [3.05, 3.63) is 70.3 Å². The van der Waals surface area contributed by atoms with Crippen molar-refractivity contribution < 1.29 is 18.8 Å². The van der Waals surface area contributed by atoms with Crippen molar-refractivity contribution in [2.24, 2.45) is 0 Å². The van der Waals surface area contributed by atoms with Crippen molar-refractivity contribution in [2.45, 2.75) is 32.0 Å². The number of hydrogen-bond acceptors (Lipinski definition) is 5. The predicted octanol–water partition coefficient (Wildman–Crippen LogP) is 2.46. The Hall–Kier alpha value is -3.77. The molecular weight excluding hydrogens is 437 g/mol. The lowest BCUT2D eigenvalue weighted by Gasteiger charge is -2.37. The number of fused-ring (bicyclic) bond motifs is 1. The number of carbonyl (C=O) groups is 3. The van der Waals surface area contributed by atoms with Crippen LogP contribution in [0.3, 0.4) is 0 Å². The van der Waals surface area contributed by atoms with Crippen molar-refractivity contribution in [3.63, 3.8) is 0 Å². The molecule has 174 valence electrons. The SMILES string of the molecule is [C-]#[N+]c1cccc(CN2CCN(c3cc(F)cc4c3CN(C3CCC(=O)NC3=O)C4=O)CC2)c1. The second-order valence-corrected chi connectivity index (χ2v) is 8.90. The van der Waals surface area contributed by atoms with E-state index in [0.29, 0.717) is 24.5 Å². The molecule has 3 heterocycles. The first kappa shape index (κ1) is 22.0. The maximum Gasteiger partial charge on any atom is 0.255 e. The number of nitrogens with one attached hydrogen (secondary N) is 1. The normalized spacial score (nSPS) is 20.8. The van der Waals surface area contributed by atoms with Gasteiger partial charge < -0.3 is 9.80 Å². The van der Waals surface area contributed by atoms with Gasteiger partial charge in [0.05, 0.1) is 6.57 Å². The van der Waals surface area contributed by atoms with Crippen LogP contribution in [0.2, 0.25) is 0 Å². The van der Waals surface area contributed by atoms with E-state index in [2.05, 4.69) is 20.0 Å². The molecule has 0 aromatic heterocycles. The fourth-order valence-corrected chi connectivity index (χ4v) is 5.02. The third kappa shape index (κ3) is 4.13. The Labute approximate surface area is 196 Å². The van der Waals surface area contributed by atoms with Gasteiger partial charge in [-0.05, 0) is 24.1 Å². The molecule has 5 rings (SSSR count). The zero-order valence-corrected chi connectivity index (χ0v) is 18.6. The molecule has 3 aliphatic rings. The van der Waals surface area contributed by atoms with Gasteiger partial charge in [-0.15, -0.1) is 0 Å². The van der Waals surface area contributed by atoms with E-state index in [1.165, 1.54) is 17.0 Å². The Morgan fingerprint density at radius 3 is 2.62 bits per heavy atom. The van der Waals surface area contributed by atoms with Gasteiger partial charge in [-0.25, -0.2) is 9.24 Å². The van der Waals surface area contributed by atoms with Gasteiger partial charge in [-0.3, -0.25) is 24.6 Å². The number of benzene rings is 2. The van der Waals surface area contributed by atoms with Gasteiger partial charge >= 0.3 is 0 Å². The van der Waals surface area contributed by atoms with Crippen molar-refractivity contribution in [1.82, 2.24) is 15.1 Å². The Bertz CT molecular complexity index is 1220. The van der Waals surface area contributed by atoms with E-state index in [9.17, 15) is 18.8 Å². The number of carbonyl (C=O) groups excluding carboxylic acids is 3. The molecule has 0 aliphatic carbocycles. The lowest BCUT2D eigenvalue weighted by atomic mass is 10.0. The van der Waals surface area contributed by atoms with Crippen LogP contribution in [0.4, 0.5) is 15.8 Å². The van der Waals surface area contributed by atoms with Gasteiger partial charge in [0.15, 0.2) is 5.69 Å². The summed E-state index contributed by atoms with van der Waals surface area (Å²) in [5.74, 6) is -1.67. The number of piperazine rings is 1. The van der Waals surface area contributed by atoms with E-state index >= 15 is 0 Å². The van der Waals surface area contributed by atoms with Crippen LogP contribution in [0.15, 0.2) is 36.4 Å². The van der Waals surface area contributed by atoms with E-state index in [0.717, 1.165) is 30.8 Å². The quantitative estimate of drug-likeness (QED) is 0.559. The zero-order chi connectivity index (χ0) is 23.8. The van der Waals surface area contributed by atoms with Crippen molar-refractivity contribution >= 4 is 29.1 Å². The lowest BCUT2D eigenvalue weighted by molar-refractivity contribution is -0.136. The number of imide groups is 1. The second-order valence-electron chi connectivity index (χ2n) is 8.90. The van der Waals surface area contributed by atoms with Crippen LogP contribution in [-0.2, 0) is 22.7 Å². The van der Waals surface area contributed by atoms with Crippen molar-refractivity contribution in [3.8, 4) is 0 Å². The van der Waals surface area contributed by atoms with E-state index in [1.807, 2.05) is 18.2 Å². The summed E-state index contributed by atoms with van der Waals surface area (Å²) in [6, 6.07) is 9.57. The van der Waals surface area contributed by atoms with Crippen LogP contribution in [-0.4, -0.2) is 59.7 Å². The van der Waals surface area contributed by atoms with Crippen LogP contribution in [0.25, 0.3) is 4.85 Å². The van der Waals surface area contributed by atoms with E-state index in [1.54, 1.807) is 6.07 Å². The van der Waals surface area contributed by atoms with Gasteiger partial charge in [0.2, 0.25) is 11.8 Å². The molecule has 1 N–H and O–H groups in total. The summed E-state index contributed by atoms with van der Waals surface area (Å²) in [6.45, 7) is 11.0. The second kappa shape index (κ2) is 8.88. The highest BCUT2D eigenvalue weighted by Crippen LogP contribution is 2.35. The molecule has 2 fully saturated rings. The van der Waals surface area contributed by atoms with Crippen LogP contribution in [0.1, 0.15) is 34.3 Å². The minimum atomic E-state index is -0.725. The molecule has 3 amide bonds. The number of rotatable bonds is 4. The zero-order valence-electron chi connectivity index (χ0n) is 18.6. The average molecular weight is 461 g/mol. The monoisotopic (exact) mass is 461 g/mol. The smallest absolute Gasteiger partial charge is 0.255 e. The third-order valence-electron chi connectivity index (χ3n) is 6.76. The van der Waals surface area contributed by atoms with Crippen molar-refractivity contribution in [2.75, 3.05) is 31.1 Å². The summed E-state index contributed by atoms with van der Waals surface area (Å²) in [5.41, 5.74) is 3.41. The Kier molecular flexibility index (Phi) is 5.75. The number of amides is 3. The summed E-state index contributed by atoms with van der Waals surface area (Å²) in [5, 5.41) is 2.30. The summed E-state index contributed by atoms with van der Waals surface area (Å²) in [4.78, 5) is 46.2. The molecule has 0 spiro atoms. The van der Waals surface area contributed by atoms with Crippen molar-refractivity contribution in [1.29, 1.82) is 0 Å². The summed E-state index contributed by atoms with van der Waals surface area (Å²) < 4.78 is 14.5. The van der Waals surface area contributed by atoms with E-state index in [-0.39, 0.29) is 36.8 Å². The molecule has 8 nitrogen and oxygen atoms in total. The molecule has 2 saturated heterocycles. The summed E-state index contributed by atoms with van der Waals surface area (Å²) in [7, 11) is 0. The number of hydrogen-bond donors (Lipinski definition) is 1. The van der Waals surface area contributed by atoms with Gasteiger partial charge in [-0.1, -0.05) is 24.3 Å². The first-order valence-electron chi connectivity index (χ1n) is 11.3. The number of anilines is 1. The van der Waals surface area contributed by atoms with E-state index in [4.69, 9.17) is 6.57 Å². The highest BCUT2D eigenvalue weighted by atomic mass is 19.1. The highest BCUT2D eigenvalue weighted by molar-refractivity contribution is 6.06. The third-order valence-corrected chi connectivity index (χ3v) is 6.76. The summed E-state index contributed by atoms with van der Waals surface area (Å²) in [6.07, 6.45) is 0.452. The topological polar surface area (TPSA) is 77.3 Å². The standard InChI is InChI=1S/C25H24FN5O3/c1-27-18-4-2-3-16(11-18)14-29-7-9-30(10-8-29)22-13-17(26)12-19-20(22)15-31(25(19)34)21-5-6-23(32)28-24(21)33/h2-4,11-13,21H,5-10,14-15H2,(H,28,32,33). The molecule has 3 aliphatic heterocycles. The van der Waals surface area contributed by atoms with Crippen LogP contribution >= 0.6 is 0 Å². The van der Waals surface area contributed by atoms with Crippen LogP contribution in [0, 0.1) is 12.4 Å². The molecule has 2 aromatic carbocycles. The van der Waals surface area contributed by atoms with Gasteiger partial charge in [-0.2, -0.15) is 0 Å². The Morgan fingerprint density at radius 1 is 1.09 bits per heavy atom. The minimum absolute atomic E-state index is 0.179. The van der Waals surface area contributed by atoms with Crippen LogP contribution in [0.5, 0.6) is 0 Å². The molecule has 0 radical (unpaired) electrons. The van der Waals surface area contributed by atoms with Gasteiger partial charge in [0.1, 0.15) is 11.9 Å². The number of halogens is 1. The number of piperidine rings is 1. The Morgan fingerprint density at radius 2 is 1.88 bits per heavy atom. The molecule has 34 heavy (non-hydrogen) atoms. The fraction of sp³-hybridized carbons (Fsp3) is 0.360. The maximum atomic E-state index is 14.5. The number of nitrogens with zero attached hydrogens (tertiary/aromatic N) is 4. The maximum absolute atomic E-state index is 14.5. The molecule has 0 bridgehead atoms. The molecular formula is C25H24FN5O3. The van der Waals surface area contributed by atoms with Crippen LogP contribution < -0.4 is 10.2 Å². The summed E-state index contributed by atoms with van der Waals surface area (Å²) >= 11 is 0. The predicted molar refractivity (Wildman–Crippen MR) is 123 cm³/mol. The highest BCUT2D eigenvalue weighted by Gasteiger charge is 2.41. The largest absolute Gasteiger partial charge is 0.369 e.